The van der Waals surface area contributed by atoms with Gasteiger partial charge < -0.3 is 10.4 Å². The minimum absolute atomic E-state index is 0.182. The summed E-state index contributed by atoms with van der Waals surface area (Å²) in [7, 11) is 1.38. The minimum atomic E-state index is -1.10. The lowest BCUT2D eigenvalue weighted by Gasteiger charge is -2.09. The topological polar surface area (TPSA) is 139 Å². The standard InChI is InChI=1S/C8H12N6O4S/c1-4(6(17)10-7(18)9-2)19-8-11-12-13-14(8)3-5(15)16/h4H,3H2,1-2H3,(H,15,16)(H2,9,10,17,18). The van der Waals surface area contributed by atoms with Crippen LogP contribution in [0.2, 0.25) is 0 Å². The second-order valence-corrected chi connectivity index (χ2v) is 4.65. The van der Waals surface area contributed by atoms with E-state index >= 15 is 0 Å². The Bertz CT molecular complexity index is 489. The molecular formula is C8H12N6O4S. The number of rotatable bonds is 5. The van der Waals surface area contributed by atoms with Gasteiger partial charge in [0.05, 0.1) is 5.25 Å². The van der Waals surface area contributed by atoms with Crippen molar-refractivity contribution in [2.45, 2.75) is 23.9 Å². The highest BCUT2D eigenvalue weighted by Gasteiger charge is 2.20. The fourth-order valence-electron chi connectivity index (χ4n) is 0.996. The van der Waals surface area contributed by atoms with Crippen molar-refractivity contribution in [3.8, 4) is 0 Å². The molecule has 0 saturated heterocycles. The molecule has 10 nitrogen and oxygen atoms in total. The summed E-state index contributed by atoms with van der Waals surface area (Å²) in [4.78, 5) is 33.1. The summed E-state index contributed by atoms with van der Waals surface area (Å²) in [5, 5.41) is 22.9. The van der Waals surface area contributed by atoms with E-state index in [-0.39, 0.29) is 5.16 Å². The van der Waals surface area contributed by atoms with E-state index < -0.39 is 29.7 Å². The Hall–Kier alpha value is -2.17. The Labute approximate surface area is 111 Å². The number of imide groups is 1. The highest BCUT2D eigenvalue weighted by atomic mass is 32.2. The van der Waals surface area contributed by atoms with Crippen LogP contribution in [0.3, 0.4) is 0 Å². The van der Waals surface area contributed by atoms with E-state index in [0.717, 1.165) is 16.4 Å². The number of aliphatic carboxylic acids is 1. The number of tetrazole rings is 1. The number of thioether (sulfide) groups is 1. The van der Waals surface area contributed by atoms with Gasteiger partial charge in [-0.15, -0.1) is 5.10 Å². The maximum Gasteiger partial charge on any atom is 0.325 e. The molecule has 0 radical (unpaired) electrons. The Balaban J connectivity index is 2.63. The Morgan fingerprint density at radius 3 is 2.74 bits per heavy atom. The molecule has 1 aromatic rings. The van der Waals surface area contributed by atoms with Crippen molar-refractivity contribution in [1.29, 1.82) is 0 Å². The van der Waals surface area contributed by atoms with Crippen molar-refractivity contribution in [1.82, 2.24) is 30.8 Å². The highest BCUT2D eigenvalue weighted by molar-refractivity contribution is 8.00. The minimum Gasteiger partial charge on any atom is -0.480 e. The van der Waals surface area contributed by atoms with E-state index in [1.54, 1.807) is 6.92 Å². The molecule has 3 amide bonds. The zero-order valence-electron chi connectivity index (χ0n) is 10.2. The van der Waals surface area contributed by atoms with Crippen LogP contribution in [0.4, 0.5) is 4.79 Å². The molecule has 104 valence electrons. The van der Waals surface area contributed by atoms with Crippen LogP contribution in [0.1, 0.15) is 6.92 Å². The van der Waals surface area contributed by atoms with Crippen LogP contribution in [0, 0.1) is 0 Å². The fourth-order valence-corrected chi connectivity index (χ4v) is 1.78. The van der Waals surface area contributed by atoms with E-state index in [0.29, 0.717) is 0 Å². The third-order valence-electron chi connectivity index (χ3n) is 1.90. The molecule has 1 unspecified atom stereocenters. The highest BCUT2D eigenvalue weighted by Crippen LogP contribution is 2.19. The van der Waals surface area contributed by atoms with Crippen LogP contribution >= 0.6 is 11.8 Å². The lowest BCUT2D eigenvalue weighted by atomic mass is 10.4. The van der Waals surface area contributed by atoms with Gasteiger partial charge in [0.15, 0.2) is 0 Å². The first-order valence-corrected chi connectivity index (χ1v) is 5.99. The van der Waals surface area contributed by atoms with Crippen LogP contribution in [-0.2, 0) is 16.1 Å². The quantitative estimate of drug-likeness (QED) is 0.568. The zero-order valence-corrected chi connectivity index (χ0v) is 11.0. The molecule has 1 aromatic heterocycles. The number of aromatic nitrogens is 4. The molecule has 3 N–H and O–H groups in total. The van der Waals surface area contributed by atoms with Crippen LogP contribution in [-0.4, -0.2) is 55.5 Å². The predicted octanol–water partition coefficient (Wildman–Crippen LogP) is -1.31. The van der Waals surface area contributed by atoms with Crippen LogP contribution in [0.25, 0.3) is 0 Å². The molecule has 0 bridgehead atoms. The maximum absolute atomic E-state index is 11.6. The van der Waals surface area contributed by atoms with Gasteiger partial charge in [-0.25, -0.2) is 9.48 Å². The van der Waals surface area contributed by atoms with Gasteiger partial charge in [-0.1, -0.05) is 11.8 Å². The molecular weight excluding hydrogens is 276 g/mol. The number of urea groups is 1. The average molecular weight is 288 g/mol. The summed E-state index contributed by atoms with van der Waals surface area (Å²) in [5.74, 6) is -1.63. The van der Waals surface area contributed by atoms with Gasteiger partial charge in [0, 0.05) is 7.05 Å². The molecule has 0 spiro atoms. The summed E-state index contributed by atoms with van der Waals surface area (Å²) >= 11 is 0.951. The Morgan fingerprint density at radius 2 is 2.16 bits per heavy atom. The van der Waals surface area contributed by atoms with Gasteiger partial charge in [0.25, 0.3) is 0 Å². The summed E-state index contributed by atoms with van der Waals surface area (Å²) in [5.41, 5.74) is 0. The average Bonchev–Trinajstić information content (AvgIpc) is 2.75. The largest absolute Gasteiger partial charge is 0.480 e. The summed E-state index contributed by atoms with van der Waals surface area (Å²) in [6.07, 6.45) is 0. The number of carbonyl (C=O) groups is 3. The smallest absolute Gasteiger partial charge is 0.325 e. The van der Waals surface area contributed by atoms with Gasteiger partial charge in [0.2, 0.25) is 11.1 Å². The zero-order chi connectivity index (χ0) is 14.4. The Morgan fingerprint density at radius 1 is 1.47 bits per heavy atom. The van der Waals surface area contributed by atoms with E-state index in [4.69, 9.17) is 5.11 Å². The maximum atomic E-state index is 11.6. The van der Waals surface area contributed by atoms with Crippen molar-refractivity contribution in [2.75, 3.05) is 7.05 Å². The number of carboxylic acids is 1. The molecule has 0 aliphatic carbocycles. The van der Waals surface area contributed by atoms with Gasteiger partial charge >= 0.3 is 12.0 Å². The molecule has 0 fully saturated rings. The number of nitrogens with one attached hydrogen (secondary N) is 2. The Kier molecular flexibility index (Phi) is 5.23. The summed E-state index contributed by atoms with van der Waals surface area (Å²) < 4.78 is 1.05. The van der Waals surface area contributed by atoms with Gasteiger partial charge in [-0.05, 0) is 17.4 Å². The monoisotopic (exact) mass is 288 g/mol. The van der Waals surface area contributed by atoms with Crippen LogP contribution in [0.15, 0.2) is 5.16 Å². The molecule has 0 saturated carbocycles. The molecule has 0 aliphatic heterocycles. The molecule has 1 rings (SSSR count). The third-order valence-corrected chi connectivity index (χ3v) is 2.97. The van der Waals surface area contributed by atoms with Crippen LogP contribution < -0.4 is 10.6 Å². The van der Waals surface area contributed by atoms with Gasteiger partial charge in [0.1, 0.15) is 6.54 Å². The van der Waals surface area contributed by atoms with Crippen molar-refractivity contribution >= 4 is 29.7 Å². The number of carbonyl (C=O) groups excluding carboxylic acids is 2. The number of hydrogen-bond acceptors (Lipinski definition) is 7. The van der Waals surface area contributed by atoms with E-state index in [9.17, 15) is 14.4 Å². The van der Waals surface area contributed by atoms with Crippen LogP contribution in [0.5, 0.6) is 0 Å². The molecule has 19 heavy (non-hydrogen) atoms. The molecule has 11 heteroatoms. The first-order chi connectivity index (χ1) is 8.93. The first-order valence-electron chi connectivity index (χ1n) is 5.11. The fraction of sp³-hybridized carbons (Fsp3) is 0.500. The second-order valence-electron chi connectivity index (χ2n) is 3.34. The summed E-state index contributed by atoms with van der Waals surface area (Å²) in [6, 6.07) is -0.623. The lowest BCUT2D eigenvalue weighted by Crippen LogP contribution is -2.41. The van der Waals surface area contributed by atoms with Crippen molar-refractivity contribution < 1.29 is 19.5 Å². The summed E-state index contributed by atoms with van der Waals surface area (Å²) in [6.45, 7) is 1.14. The number of amides is 3. The number of carboxylic acid groups (broad SMARTS) is 1. The molecule has 1 atom stereocenters. The first kappa shape index (κ1) is 14.9. The number of nitrogens with zero attached hydrogens (tertiary/aromatic N) is 4. The third kappa shape index (κ3) is 4.54. The molecule has 0 aliphatic rings. The van der Waals surface area contributed by atoms with E-state index in [2.05, 4.69) is 26.2 Å². The molecule has 1 heterocycles. The van der Waals surface area contributed by atoms with Gasteiger partial charge in [-0.2, -0.15) is 0 Å². The van der Waals surface area contributed by atoms with Crippen molar-refractivity contribution in [3.05, 3.63) is 0 Å². The SMILES string of the molecule is CNC(=O)NC(=O)C(C)Sc1nnnn1CC(=O)O. The predicted molar refractivity (Wildman–Crippen MR) is 63.4 cm³/mol. The van der Waals surface area contributed by atoms with Gasteiger partial charge in [-0.3, -0.25) is 14.9 Å². The van der Waals surface area contributed by atoms with Crippen molar-refractivity contribution in [3.63, 3.8) is 0 Å². The van der Waals surface area contributed by atoms with E-state index in [1.807, 2.05) is 0 Å². The van der Waals surface area contributed by atoms with E-state index in [1.165, 1.54) is 7.05 Å². The second kappa shape index (κ2) is 6.68. The molecule has 0 aromatic carbocycles. The van der Waals surface area contributed by atoms with Crippen molar-refractivity contribution in [2.24, 2.45) is 0 Å². The normalized spacial score (nSPS) is 11.7. The lowest BCUT2D eigenvalue weighted by molar-refractivity contribution is -0.138. The number of hydrogen-bond donors (Lipinski definition) is 3.